The lowest BCUT2D eigenvalue weighted by Gasteiger charge is -2.16. The van der Waals surface area contributed by atoms with Crippen molar-refractivity contribution in [1.29, 1.82) is 0 Å². The Morgan fingerprint density at radius 3 is 2.21 bits per heavy atom. The van der Waals surface area contributed by atoms with Crippen LogP contribution in [0.1, 0.15) is 59.3 Å². The molecular weight excluding hydrogens is 366 g/mol. The van der Waals surface area contributed by atoms with E-state index >= 15 is 0 Å². The fourth-order valence-corrected chi connectivity index (χ4v) is 3.10. The lowest BCUT2D eigenvalue weighted by molar-refractivity contribution is -0.116. The Hall–Kier alpha value is -2.83. The lowest BCUT2D eigenvalue weighted by Crippen LogP contribution is -2.22. The number of anilines is 1. The van der Waals surface area contributed by atoms with Gasteiger partial charge in [0.25, 0.3) is 5.91 Å². The van der Waals surface area contributed by atoms with Gasteiger partial charge in [0.2, 0.25) is 11.6 Å². The number of nitrogens with one attached hydrogen (secondary N) is 1. The first-order chi connectivity index (χ1) is 12.8. The first-order valence-corrected chi connectivity index (χ1v) is 8.83. The normalized spacial score (nSPS) is 11.4. The fourth-order valence-electron chi connectivity index (χ4n) is 3.10. The van der Waals surface area contributed by atoms with E-state index in [1.807, 2.05) is 20.8 Å². The van der Waals surface area contributed by atoms with Crippen molar-refractivity contribution in [3.05, 3.63) is 52.3 Å². The van der Waals surface area contributed by atoms with E-state index < -0.39 is 29.1 Å². The summed E-state index contributed by atoms with van der Waals surface area (Å²) in [6.45, 7) is 8.83. The van der Waals surface area contributed by atoms with Crippen LogP contribution in [0.2, 0.25) is 0 Å². The molecule has 0 fully saturated rings. The average molecular weight is 390 g/mol. The van der Waals surface area contributed by atoms with Gasteiger partial charge in [-0.1, -0.05) is 20.8 Å². The average Bonchev–Trinajstić information content (AvgIpc) is 2.78. The molecule has 0 saturated carbocycles. The Kier molecular flexibility index (Phi) is 5.87. The number of carbonyl (C=O) groups excluding carboxylic acids is 3. The Morgan fingerprint density at radius 1 is 1.07 bits per heavy atom. The fraction of sp³-hybridized carbons (Fsp3) is 0.381. The second kappa shape index (κ2) is 7.66. The van der Waals surface area contributed by atoms with Crippen molar-refractivity contribution in [2.45, 2.75) is 41.0 Å². The summed E-state index contributed by atoms with van der Waals surface area (Å²) in [6.07, 6.45) is 0.0932. The van der Waals surface area contributed by atoms with Crippen LogP contribution in [0.4, 0.5) is 14.5 Å². The number of aromatic nitrogens is 1. The minimum Gasteiger partial charge on any atom is -0.343 e. The monoisotopic (exact) mass is 390 g/mol. The minimum absolute atomic E-state index is 0.0823. The quantitative estimate of drug-likeness (QED) is 0.609. The number of Topliss-reactive ketones (excluding diaryl/α,β-unsaturated/α-hetero) is 2. The third-order valence-corrected chi connectivity index (χ3v) is 4.49. The molecule has 0 aliphatic carbocycles. The Balaban J connectivity index is 2.38. The highest BCUT2D eigenvalue weighted by Crippen LogP contribution is 2.26. The molecule has 0 unspecified atom stereocenters. The number of rotatable bonds is 5. The molecule has 2 rings (SSSR count). The summed E-state index contributed by atoms with van der Waals surface area (Å²) < 4.78 is 28.0. The summed E-state index contributed by atoms with van der Waals surface area (Å²) in [5.74, 6) is -3.84. The first-order valence-electron chi connectivity index (χ1n) is 8.83. The molecule has 0 spiro atoms. The van der Waals surface area contributed by atoms with Crippen LogP contribution >= 0.6 is 0 Å². The molecule has 28 heavy (non-hydrogen) atoms. The topological polar surface area (TPSA) is 68.2 Å². The number of ketones is 2. The van der Waals surface area contributed by atoms with Gasteiger partial charge in [-0.2, -0.15) is 0 Å². The second-order valence-electron chi connectivity index (χ2n) is 8.07. The second-order valence-corrected chi connectivity index (χ2v) is 8.07. The van der Waals surface area contributed by atoms with Crippen LogP contribution in [0, 0.1) is 30.9 Å². The predicted octanol–water partition coefficient (Wildman–Crippen LogP) is 4.36. The summed E-state index contributed by atoms with van der Waals surface area (Å²) in [5, 5.41) is 2.49. The van der Waals surface area contributed by atoms with Crippen molar-refractivity contribution in [2.75, 3.05) is 5.32 Å². The molecule has 0 radical (unpaired) electrons. The summed E-state index contributed by atoms with van der Waals surface area (Å²) in [4.78, 5) is 37.8. The number of halogens is 2. The van der Waals surface area contributed by atoms with Crippen molar-refractivity contribution in [1.82, 2.24) is 4.57 Å². The summed E-state index contributed by atoms with van der Waals surface area (Å²) in [6, 6.07) is 3.02. The smallest absolute Gasteiger partial charge is 0.272 e. The van der Waals surface area contributed by atoms with Crippen molar-refractivity contribution >= 4 is 23.2 Å². The highest BCUT2D eigenvalue weighted by atomic mass is 19.2. The number of nitrogens with zero attached hydrogens (tertiary/aromatic N) is 1. The minimum atomic E-state index is -1.08. The van der Waals surface area contributed by atoms with E-state index in [9.17, 15) is 23.2 Å². The molecule has 0 aliphatic rings. The maximum Gasteiger partial charge on any atom is 0.272 e. The predicted molar refractivity (Wildman–Crippen MR) is 103 cm³/mol. The van der Waals surface area contributed by atoms with Crippen LogP contribution in [0.25, 0.3) is 0 Å². The molecule has 1 aromatic carbocycles. The molecule has 1 N–H and O–H groups in total. The van der Waals surface area contributed by atoms with Gasteiger partial charge in [0.1, 0.15) is 5.69 Å². The van der Waals surface area contributed by atoms with Crippen LogP contribution in [-0.4, -0.2) is 22.0 Å². The molecule has 0 bridgehead atoms. The zero-order valence-electron chi connectivity index (χ0n) is 16.9. The first kappa shape index (κ1) is 21.5. The molecule has 2 aromatic rings. The number of carbonyl (C=O) groups is 3. The molecule has 5 nitrogen and oxygen atoms in total. The van der Waals surface area contributed by atoms with Crippen molar-refractivity contribution in [3.8, 4) is 0 Å². The van der Waals surface area contributed by atoms with Gasteiger partial charge < -0.3 is 9.88 Å². The van der Waals surface area contributed by atoms with E-state index in [1.165, 1.54) is 10.6 Å². The summed E-state index contributed by atoms with van der Waals surface area (Å²) in [5.41, 5.74) is 0.976. The standard InChI is InChI=1S/C21H24F2N2O3/c1-11-17(19(27)16(26)10-21(3,4)5)12(2)25(6)18(11)20(28)24-13-7-8-14(22)15(23)9-13/h7-9H,10H2,1-6H3,(H,24,28). The third-order valence-electron chi connectivity index (χ3n) is 4.49. The third kappa shape index (κ3) is 4.35. The molecule has 0 saturated heterocycles. The van der Waals surface area contributed by atoms with Crippen LogP contribution < -0.4 is 5.32 Å². The molecule has 1 heterocycles. The summed E-state index contributed by atoms with van der Waals surface area (Å²) in [7, 11) is 1.60. The molecule has 1 amide bonds. The number of hydrogen-bond acceptors (Lipinski definition) is 3. The zero-order valence-corrected chi connectivity index (χ0v) is 16.9. The molecule has 7 heteroatoms. The maximum atomic E-state index is 13.4. The van der Waals surface area contributed by atoms with Gasteiger partial charge in [0.05, 0.1) is 5.56 Å². The van der Waals surface area contributed by atoms with Gasteiger partial charge in [-0.3, -0.25) is 14.4 Å². The van der Waals surface area contributed by atoms with E-state index in [0.717, 1.165) is 12.1 Å². The van der Waals surface area contributed by atoms with Crippen LogP contribution in [-0.2, 0) is 11.8 Å². The highest BCUT2D eigenvalue weighted by Gasteiger charge is 2.30. The molecule has 150 valence electrons. The van der Waals surface area contributed by atoms with Crippen molar-refractivity contribution < 1.29 is 23.2 Å². The largest absolute Gasteiger partial charge is 0.343 e. The summed E-state index contributed by atoms with van der Waals surface area (Å²) >= 11 is 0. The molecule has 1 aromatic heterocycles. The SMILES string of the molecule is Cc1c(C(=O)C(=O)CC(C)(C)C)c(C)n(C)c1C(=O)Nc1ccc(F)c(F)c1. The van der Waals surface area contributed by atoms with Gasteiger partial charge in [0, 0.05) is 30.9 Å². The number of benzene rings is 1. The molecular formula is C21H24F2N2O3. The Labute approximate surface area is 162 Å². The number of hydrogen-bond donors (Lipinski definition) is 1. The van der Waals surface area contributed by atoms with E-state index in [0.29, 0.717) is 11.3 Å². The van der Waals surface area contributed by atoms with Gasteiger partial charge in [-0.25, -0.2) is 8.78 Å². The highest BCUT2D eigenvalue weighted by molar-refractivity contribution is 6.44. The van der Waals surface area contributed by atoms with Gasteiger partial charge in [0.15, 0.2) is 11.6 Å². The van der Waals surface area contributed by atoms with Gasteiger partial charge >= 0.3 is 0 Å². The lowest BCUT2D eigenvalue weighted by atomic mass is 9.87. The Morgan fingerprint density at radius 2 is 1.68 bits per heavy atom. The van der Waals surface area contributed by atoms with Gasteiger partial charge in [-0.15, -0.1) is 0 Å². The van der Waals surface area contributed by atoms with Crippen LogP contribution in [0.3, 0.4) is 0 Å². The van der Waals surface area contributed by atoms with Crippen molar-refractivity contribution in [3.63, 3.8) is 0 Å². The van der Waals surface area contributed by atoms with E-state index in [-0.39, 0.29) is 28.8 Å². The van der Waals surface area contributed by atoms with Gasteiger partial charge in [-0.05, 0) is 37.0 Å². The van der Waals surface area contributed by atoms with Crippen LogP contribution in [0.15, 0.2) is 18.2 Å². The zero-order chi connectivity index (χ0) is 21.4. The molecule has 0 aliphatic heterocycles. The maximum absolute atomic E-state index is 13.4. The van der Waals surface area contributed by atoms with E-state index in [1.54, 1.807) is 20.9 Å². The van der Waals surface area contributed by atoms with Crippen molar-refractivity contribution in [2.24, 2.45) is 12.5 Å². The number of amides is 1. The van der Waals surface area contributed by atoms with Crippen LogP contribution in [0.5, 0.6) is 0 Å². The van der Waals surface area contributed by atoms with E-state index in [4.69, 9.17) is 0 Å². The Bertz CT molecular complexity index is 969. The van der Waals surface area contributed by atoms with E-state index in [2.05, 4.69) is 5.32 Å². The molecule has 0 atom stereocenters.